The van der Waals surface area contributed by atoms with Crippen molar-refractivity contribution in [2.45, 2.75) is 296 Å². The highest BCUT2D eigenvalue weighted by atomic mass is 31.2. The van der Waals surface area contributed by atoms with Crippen LogP contribution in [0.2, 0.25) is 0 Å². The number of phosphoric ester groups is 1. The number of unbranched alkanes of at least 4 members (excludes halogenated alkanes) is 32. The highest BCUT2D eigenvalue weighted by Gasteiger charge is 2.27. The maximum atomic E-state index is 13.5. The highest BCUT2D eigenvalue weighted by Crippen LogP contribution is 2.38. The molecule has 0 rings (SSSR count). The van der Waals surface area contributed by atoms with E-state index in [0.717, 1.165) is 96.3 Å². The Labute approximate surface area is 458 Å². The molecular formula is C64H119N2O7P. The first-order valence-electron chi connectivity index (χ1n) is 31.1. The molecule has 0 heterocycles. The van der Waals surface area contributed by atoms with Gasteiger partial charge in [-0.3, -0.25) is 14.2 Å². The summed E-state index contributed by atoms with van der Waals surface area (Å²) in [5.41, 5.74) is 0. The average Bonchev–Trinajstić information content (AvgIpc) is 3.36. The van der Waals surface area contributed by atoms with Crippen LogP contribution >= 0.6 is 7.82 Å². The molecule has 1 amide bonds. The molecule has 9 nitrogen and oxygen atoms in total. The van der Waals surface area contributed by atoms with Crippen molar-refractivity contribution < 1.29 is 37.3 Å². The minimum atomic E-state index is -4.70. The van der Waals surface area contributed by atoms with Crippen LogP contribution in [0.1, 0.15) is 284 Å². The molecular weight excluding hydrogens is 940 g/mol. The number of hydrogen-bond acceptors (Lipinski definition) is 7. The minimum absolute atomic E-state index is 0.0254. The molecule has 0 radical (unpaired) electrons. The Kier molecular flexibility index (Phi) is 52.4. The summed E-state index contributed by atoms with van der Waals surface area (Å²) in [6, 6.07) is -0.894. The molecule has 3 unspecified atom stereocenters. The zero-order chi connectivity index (χ0) is 54.3. The Hall–Kier alpha value is -2.29. The fourth-order valence-corrected chi connectivity index (χ4v) is 9.54. The Balaban J connectivity index is 5.27. The van der Waals surface area contributed by atoms with Crippen LogP contribution in [-0.4, -0.2) is 69.4 Å². The van der Waals surface area contributed by atoms with Crippen molar-refractivity contribution in [1.82, 2.24) is 5.32 Å². The number of carbonyl (C=O) groups excluding carboxylic acids is 2. The fourth-order valence-electron chi connectivity index (χ4n) is 8.82. The standard InChI is InChI=1S/C64H119N2O7P/c1-7-10-13-16-19-22-25-28-30-32-33-35-36-38-41-44-47-50-53-56-63(67)65-61(60-72-74(69,70)71-59-58-66(4,5)6)62(55-52-49-46-43-40-27-24-21-18-15-12-9-3)73-64(68)57-54-51-48-45-42-39-37-34-31-29-26-23-20-17-14-11-8-2/h19-20,22-23,28-31,52,55,61-62H,7-18,21,24-27,32-51,53-54,56-60H2,1-6H3,(H-,65,67,69,70)/b22-19-,23-20-,30-28-,31-29-,55-52+. The van der Waals surface area contributed by atoms with Gasteiger partial charge in [0.2, 0.25) is 5.91 Å². The second kappa shape index (κ2) is 54.1. The van der Waals surface area contributed by atoms with Crippen LogP contribution in [-0.2, 0) is 27.9 Å². The number of nitrogens with one attached hydrogen (secondary N) is 1. The van der Waals surface area contributed by atoms with Gasteiger partial charge in [-0.25, -0.2) is 0 Å². The number of quaternary nitrogens is 1. The van der Waals surface area contributed by atoms with Crippen molar-refractivity contribution in [3.63, 3.8) is 0 Å². The first kappa shape index (κ1) is 71.7. The van der Waals surface area contributed by atoms with Crippen LogP contribution in [0.25, 0.3) is 0 Å². The Morgan fingerprint density at radius 1 is 0.473 bits per heavy atom. The van der Waals surface area contributed by atoms with Crippen LogP contribution in [0.15, 0.2) is 60.8 Å². The summed E-state index contributed by atoms with van der Waals surface area (Å²) in [5.74, 6) is -0.550. The van der Waals surface area contributed by atoms with Crippen molar-refractivity contribution in [2.24, 2.45) is 0 Å². The lowest BCUT2D eigenvalue weighted by molar-refractivity contribution is -0.870. The fraction of sp³-hybridized carbons (Fsp3) is 0.812. The van der Waals surface area contributed by atoms with E-state index < -0.39 is 26.6 Å². The van der Waals surface area contributed by atoms with E-state index in [-0.39, 0.29) is 24.9 Å². The van der Waals surface area contributed by atoms with Crippen molar-refractivity contribution in [1.29, 1.82) is 0 Å². The van der Waals surface area contributed by atoms with E-state index in [2.05, 4.69) is 74.7 Å². The number of likely N-dealkylation sites (N-methyl/N-ethyl adjacent to an activating group) is 1. The Bertz CT molecular complexity index is 1450. The Morgan fingerprint density at radius 2 is 0.824 bits per heavy atom. The molecule has 10 heteroatoms. The van der Waals surface area contributed by atoms with Crippen LogP contribution in [0.3, 0.4) is 0 Å². The Morgan fingerprint density at radius 3 is 1.24 bits per heavy atom. The van der Waals surface area contributed by atoms with Gasteiger partial charge in [0, 0.05) is 12.8 Å². The van der Waals surface area contributed by atoms with E-state index in [1.807, 2.05) is 33.3 Å². The van der Waals surface area contributed by atoms with E-state index in [4.69, 9.17) is 13.8 Å². The molecule has 0 aromatic carbocycles. The molecule has 0 saturated heterocycles. The predicted molar refractivity (Wildman–Crippen MR) is 316 cm³/mol. The van der Waals surface area contributed by atoms with Crippen molar-refractivity contribution in [3.05, 3.63) is 60.8 Å². The SMILES string of the molecule is CCCCC/C=C\C/C=C\CCCCCCCCCCCC(=O)NC(COP(=O)([O-])OCC[N+](C)(C)C)C(/C=C/CCCCCCCCCCCC)OC(=O)CCCCCCCCC/C=C\C/C=C\CCCCC. The van der Waals surface area contributed by atoms with Gasteiger partial charge in [0.25, 0.3) is 7.82 Å². The monoisotopic (exact) mass is 1060 g/mol. The molecule has 0 bridgehead atoms. The number of esters is 1. The number of hydrogen-bond donors (Lipinski definition) is 1. The molecule has 0 fully saturated rings. The summed E-state index contributed by atoms with van der Waals surface area (Å²) < 4.78 is 30.3. The van der Waals surface area contributed by atoms with Crippen molar-refractivity contribution in [3.8, 4) is 0 Å². The second-order valence-electron chi connectivity index (χ2n) is 22.2. The van der Waals surface area contributed by atoms with Gasteiger partial charge in [0.15, 0.2) is 0 Å². The lowest BCUT2D eigenvalue weighted by Gasteiger charge is -2.30. The summed E-state index contributed by atoms with van der Waals surface area (Å²) in [7, 11) is 1.18. The number of phosphoric acid groups is 1. The molecule has 0 aliphatic rings. The topological polar surface area (TPSA) is 114 Å². The number of amides is 1. The zero-order valence-electron chi connectivity index (χ0n) is 49.3. The molecule has 0 aliphatic heterocycles. The number of ether oxygens (including phenoxy) is 1. The summed E-state index contributed by atoms with van der Waals surface area (Å²) in [4.78, 5) is 40.0. The normalized spacial score (nSPS) is 14.1. The zero-order valence-corrected chi connectivity index (χ0v) is 50.2. The lowest BCUT2D eigenvalue weighted by Crippen LogP contribution is -2.47. The number of allylic oxidation sites excluding steroid dienone is 9. The van der Waals surface area contributed by atoms with Crippen LogP contribution in [0, 0.1) is 0 Å². The van der Waals surface area contributed by atoms with Crippen molar-refractivity contribution >= 4 is 19.7 Å². The van der Waals surface area contributed by atoms with Gasteiger partial charge < -0.3 is 28.5 Å². The van der Waals surface area contributed by atoms with Crippen LogP contribution in [0.5, 0.6) is 0 Å². The summed E-state index contributed by atoms with van der Waals surface area (Å²) >= 11 is 0. The number of nitrogens with zero attached hydrogens (tertiary/aromatic N) is 1. The molecule has 0 aromatic heterocycles. The van der Waals surface area contributed by atoms with Gasteiger partial charge in [-0.15, -0.1) is 0 Å². The minimum Gasteiger partial charge on any atom is -0.756 e. The number of carbonyl (C=O) groups is 2. The van der Waals surface area contributed by atoms with Gasteiger partial charge in [0.1, 0.15) is 19.3 Å². The molecule has 0 aliphatic carbocycles. The predicted octanol–water partition coefficient (Wildman–Crippen LogP) is 18.4. The molecule has 0 aromatic rings. The van der Waals surface area contributed by atoms with Gasteiger partial charge in [0.05, 0.1) is 33.8 Å². The van der Waals surface area contributed by atoms with Crippen LogP contribution < -0.4 is 10.2 Å². The van der Waals surface area contributed by atoms with E-state index in [1.165, 1.54) is 154 Å². The first-order valence-corrected chi connectivity index (χ1v) is 32.6. The summed E-state index contributed by atoms with van der Waals surface area (Å²) in [6.07, 6.45) is 67.5. The van der Waals surface area contributed by atoms with E-state index in [0.29, 0.717) is 17.4 Å². The average molecular weight is 1060 g/mol. The first-order chi connectivity index (χ1) is 35.9. The molecule has 432 valence electrons. The smallest absolute Gasteiger partial charge is 0.306 e. The summed E-state index contributed by atoms with van der Waals surface area (Å²) in [6.45, 7) is 6.80. The van der Waals surface area contributed by atoms with Crippen molar-refractivity contribution in [2.75, 3.05) is 40.9 Å². The third kappa shape index (κ3) is 54.5. The maximum absolute atomic E-state index is 13.5. The highest BCUT2D eigenvalue weighted by molar-refractivity contribution is 7.45. The van der Waals surface area contributed by atoms with E-state index in [1.54, 1.807) is 0 Å². The summed E-state index contributed by atoms with van der Waals surface area (Å²) in [5, 5.41) is 3.03. The van der Waals surface area contributed by atoms with Crippen LogP contribution in [0.4, 0.5) is 0 Å². The molecule has 3 atom stereocenters. The maximum Gasteiger partial charge on any atom is 0.306 e. The van der Waals surface area contributed by atoms with Gasteiger partial charge in [-0.1, -0.05) is 236 Å². The van der Waals surface area contributed by atoms with E-state index in [9.17, 15) is 19.0 Å². The number of rotatable bonds is 56. The van der Waals surface area contributed by atoms with Gasteiger partial charge >= 0.3 is 5.97 Å². The molecule has 1 N–H and O–H groups in total. The second-order valence-corrected chi connectivity index (χ2v) is 23.6. The molecule has 0 spiro atoms. The van der Waals surface area contributed by atoms with Gasteiger partial charge in [-0.05, 0) is 96.0 Å². The quantitative estimate of drug-likeness (QED) is 0.0212. The third-order valence-electron chi connectivity index (χ3n) is 13.7. The van der Waals surface area contributed by atoms with E-state index >= 15 is 0 Å². The lowest BCUT2D eigenvalue weighted by atomic mass is 10.0. The van der Waals surface area contributed by atoms with Gasteiger partial charge in [-0.2, -0.15) is 0 Å². The molecule has 0 saturated carbocycles. The third-order valence-corrected chi connectivity index (χ3v) is 14.6. The molecule has 74 heavy (non-hydrogen) atoms. The largest absolute Gasteiger partial charge is 0.756 e.